The van der Waals surface area contributed by atoms with Gasteiger partial charge in [0.25, 0.3) is 0 Å². The molecule has 0 saturated heterocycles. The van der Waals surface area contributed by atoms with Crippen molar-refractivity contribution in [2.45, 2.75) is 6.92 Å². The third-order valence-electron chi connectivity index (χ3n) is 5.90. The highest BCUT2D eigenvalue weighted by Crippen LogP contribution is 2.39. The van der Waals surface area contributed by atoms with Gasteiger partial charge in [0.1, 0.15) is 7.05 Å². The first-order valence-electron chi connectivity index (χ1n) is 9.36. The standard InChI is InChI=1S/C25H19N2/c1-16-8-3-4-9-17(16)23-14-24-21(15-26(23)2)20-12-7-11-19-18-10-5-6-13-22(18)27(24)25(19)20/h3-15H,1-2H3/q+1. The Hall–Kier alpha value is -3.39. The Labute approximate surface area is 157 Å². The Morgan fingerprint density at radius 1 is 0.704 bits per heavy atom. The van der Waals surface area contributed by atoms with Gasteiger partial charge in [0.15, 0.2) is 6.20 Å². The summed E-state index contributed by atoms with van der Waals surface area (Å²) < 4.78 is 4.70. The number of aromatic nitrogens is 2. The number of aryl methyl sites for hydroxylation is 2. The molecule has 0 bridgehead atoms. The molecule has 0 aliphatic heterocycles. The lowest BCUT2D eigenvalue weighted by atomic mass is 10.0. The van der Waals surface area contributed by atoms with E-state index in [0.29, 0.717) is 0 Å². The van der Waals surface area contributed by atoms with Crippen LogP contribution in [-0.2, 0) is 7.05 Å². The van der Waals surface area contributed by atoms with Crippen LogP contribution in [0.5, 0.6) is 0 Å². The Morgan fingerprint density at radius 2 is 1.41 bits per heavy atom. The van der Waals surface area contributed by atoms with Crippen LogP contribution in [0.4, 0.5) is 0 Å². The summed E-state index contributed by atoms with van der Waals surface area (Å²) in [5.41, 5.74) is 7.71. The second-order valence-corrected chi connectivity index (χ2v) is 7.44. The lowest BCUT2D eigenvalue weighted by Gasteiger charge is -2.05. The molecule has 27 heavy (non-hydrogen) atoms. The van der Waals surface area contributed by atoms with Gasteiger partial charge in [-0.3, -0.25) is 0 Å². The van der Waals surface area contributed by atoms with E-state index in [-0.39, 0.29) is 0 Å². The van der Waals surface area contributed by atoms with Gasteiger partial charge in [-0.25, -0.2) is 4.57 Å². The molecule has 0 fully saturated rings. The first kappa shape index (κ1) is 14.7. The summed E-state index contributed by atoms with van der Waals surface area (Å²) in [5, 5.41) is 5.29. The van der Waals surface area contributed by atoms with E-state index in [0.717, 1.165) is 0 Å². The number of para-hydroxylation sites is 2. The van der Waals surface area contributed by atoms with Crippen LogP contribution in [-0.4, -0.2) is 4.40 Å². The van der Waals surface area contributed by atoms with Crippen molar-refractivity contribution in [3.63, 3.8) is 0 Å². The molecule has 0 amide bonds. The van der Waals surface area contributed by atoms with Gasteiger partial charge in [0, 0.05) is 27.8 Å². The fourth-order valence-corrected chi connectivity index (χ4v) is 4.65. The van der Waals surface area contributed by atoms with Crippen LogP contribution in [0, 0.1) is 6.92 Å². The number of hydrogen-bond acceptors (Lipinski definition) is 0. The van der Waals surface area contributed by atoms with E-state index in [1.165, 1.54) is 54.9 Å². The van der Waals surface area contributed by atoms with E-state index in [2.05, 4.69) is 102 Å². The van der Waals surface area contributed by atoms with Crippen LogP contribution < -0.4 is 4.57 Å². The molecule has 3 aromatic heterocycles. The van der Waals surface area contributed by atoms with Gasteiger partial charge >= 0.3 is 0 Å². The van der Waals surface area contributed by atoms with E-state index in [9.17, 15) is 0 Å². The maximum Gasteiger partial charge on any atom is 0.214 e. The largest absolute Gasteiger partial charge is 0.307 e. The molecular weight excluding hydrogens is 328 g/mol. The van der Waals surface area contributed by atoms with Crippen molar-refractivity contribution in [1.29, 1.82) is 0 Å². The zero-order valence-corrected chi connectivity index (χ0v) is 15.4. The summed E-state index contributed by atoms with van der Waals surface area (Å²) in [6, 6.07) is 26.4. The molecule has 2 nitrogen and oxygen atoms in total. The summed E-state index contributed by atoms with van der Waals surface area (Å²) >= 11 is 0. The summed E-state index contributed by atoms with van der Waals surface area (Å²) in [5.74, 6) is 0. The van der Waals surface area contributed by atoms with Gasteiger partial charge in [-0.2, -0.15) is 0 Å². The lowest BCUT2D eigenvalue weighted by Crippen LogP contribution is -2.30. The van der Waals surface area contributed by atoms with Crippen LogP contribution in [0.2, 0.25) is 0 Å². The van der Waals surface area contributed by atoms with Crippen molar-refractivity contribution in [1.82, 2.24) is 4.40 Å². The molecule has 6 aromatic rings. The van der Waals surface area contributed by atoms with Crippen molar-refractivity contribution >= 4 is 38.1 Å². The topological polar surface area (TPSA) is 8.29 Å². The number of benzene rings is 3. The van der Waals surface area contributed by atoms with E-state index in [1.54, 1.807) is 0 Å². The number of hydrogen-bond donors (Lipinski definition) is 0. The molecule has 0 unspecified atom stereocenters. The third-order valence-corrected chi connectivity index (χ3v) is 5.90. The third kappa shape index (κ3) is 1.82. The molecular formula is C25H19N2+. The Bertz CT molecular complexity index is 1490. The second-order valence-electron chi connectivity index (χ2n) is 7.44. The van der Waals surface area contributed by atoms with Gasteiger partial charge in [0.2, 0.25) is 5.69 Å². The summed E-state index contributed by atoms with van der Waals surface area (Å²) in [7, 11) is 2.15. The first-order valence-corrected chi connectivity index (χ1v) is 9.36. The maximum atomic E-state index is 2.44. The van der Waals surface area contributed by atoms with Crippen LogP contribution in [0.15, 0.2) is 79.0 Å². The summed E-state index contributed by atoms with van der Waals surface area (Å²) in [6.07, 6.45) is 2.29. The second kappa shape index (κ2) is 5.08. The van der Waals surface area contributed by atoms with E-state index < -0.39 is 0 Å². The van der Waals surface area contributed by atoms with Gasteiger partial charge in [-0.05, 0) is 24.6 Å². The molecule has 0 atom stereocenters. The highest BCUT2D eigenvalue weighted by molar-refractivity contribution is 6.23. The molecule has 0 saturated carbocycles. The Kier molecular flexibility index (Phi) is 2.77. The fourth-order valence-electron chi connectivity index (χ4n) is 4.65. The normalized spacial score (nSPS) is 12.1. The van der Waals surface area contributed by atoms with Gasteiger partial charge in [-0.1, -0.05) is 54.6 Å². The Morgan fingerprint density at radius 3 is 2.26 bits per heavy atom. The summed E-state index contributed by atoms with van der Waals surface area (Å²) in [6.45, 7) is 2.18. The SMILES string of the molecule is Cc1ccccc1-c1cc2c(c[n+]1C)c1cccc3c4ccccc4n2c31. The van der Waals surface area contributed by atoms with Crippen LogP contribution in [0.25, 0.3) is 49.4 Å². The molecule has 3 aromatic carbocycles. The van der Waals surface area contributed by atoms with E-state index in [4.69, 9.17) is 0 Å². The summed E-state index contributed by atoms with van der Waals surface area (Å²) in [4.78, 5) is 0. The van der Waals surface area contributed by atoms with Crippen molar-refractivity contribution < 1.29 is 4.57 Å². The zero-order valence-electron chi connectivity index (χ0n) is 15.4. The van der Waals surface area contributed by atoms with Crippen molar-refractivity contribution in [3.05, 3.63) is 84.6 Å². The highest BCUT2D eigenvalue weighted by atomic mass is 15.0. The highest BCUT2D eigenvalue weighted by Gasteiger charge is 2.21. The molecule has 2 heteroatoms. The smallest absolute Gasteiger partial charge is 0.214 e. The maximum absolute atomic E-state index is 2.44. The number of nitrogens with zero attached hydrogens (tertiary/aromatic N) is 2. The minimum atomic E-state index is 1.24. The predicted molar refractivity (Wildman–Crippen MR) is 112 cm³/mol. The Balaban J connectivity index is 1.86. The minimum absolute atomic E-state index is 1.24. The van der Waals surface area contributed by atoms with Crippen molar-refractivity contribution in [2.75, 3.05) is 0 Å². The van der Waals surface area contributed by atoms with Crippen molar-refractivity contribution in [2.24, 2.45) is 7.05 Å². The molecule has 0 aliphatic rings. The van der Waals surface area contributed by atoms with Crippen LogP contribution in [0.3, 0.4) is 0 Å². The average Bonchev–Trinajstić information content (AvgIpc) is 3.19. The predicted octanol–water partition coefficient (Wildman–Crippen LogP) is 5.64. The lowest BCUT2D eigenvalue weighted by molar-refractivity contribution is -0.659. The number of rotatable bonds is 1. The van der Waals surface area contributed by atoms with Crippen LogP contribution in [0.1, 0.15) is 5.56 Å². The molecule has 3 heterocycles. The van der Waals surface area contributed by atoms with Crippen LogP contribution >= 0.6 is 0 Å². The first-order chi connectivity index (χ1) is 13.2. The minimum Gasteiger partial charge on any atom is -0.307 e. The molecule has 0 radical (unpaired) electrons. The molecule has 6 rings (SSSR count). The zero-order chi connectivity index (χ0) is 18.1. The quantitative estimate of drug-likeness (QED) is 0.340. The van der Waals surface area contributed by atoms with Gasteiger partial charge in [-0.15, -0.1) is 0 Å². The molecule has 0 aliphatic carbocycles. The van der Waals surface area contributed by atoms with Crippen molar-refractivity contribution in [3.8, 4) is 11.3 Å². The van der Waals surface area contributed by atoms with E-state index in [1.807, 2.05) is 0 Å². The molecule has 0 spiro atoms. The van der Waals surface area contributed by atoms with E-state index >= 15 is 0 Å². The fraction of sp³-hybridized carbons (Fsp3) is 0.0800. The van der Waals surface area contributed by atoms with Gasteiger partial charge < -0.3 is 4.40 Å². The number of pyridine rings is 1. The molecule has 128 valence electrons. The van der Waals surface area contributed by atoms with Gasteiger partial charge in [0.05, 0.1) is 21.9 Å². The monoisotopic (exact) mass is 347 g/mol. The average molecular weight is 347 g/mol. The number of fused-ring (bicyclic) bond motifs is 6. The molecule has 0 N–H and O–H groups in total.